The second-order valence-corrected chi connectivity index (χ2v) is 21.0. The van der Waals surface area contributed by atoms with Crippen LogP contribution in [-0.4, -0.2) is 0 Å². The maximum atomic E-state index is 2.45. The Hall–Kier alpha value is -4.35. The molecule has 0 radical (unpaired) electrons. The summed E-state index contributed by atoms with van der Waals surface area (Å²) in [6, 6.07) is 86.9. The Bertz CT molecular complexity index is 1850. The largest absolute Gasteiger partial charge is 0.0622 e. The van der Waals surface area contributed by atoms with Crippen LogP contribution in [0.2, 0.25) is 0 Å². The first-order valence-electron chi connectivity index (χ1n) is 18.8. The summed E-state index contributed by atoms with van der Waals surface area (Å²) in [4.78, 5) is 0. The number of rotatable bonds is 12. The van der Waals surface area contributed by atoms with E-state index in [0.29, 0.717) is 0 Å². The fourth-order valence-electron chi connectivity index (χ4n) is 6.26. The van der Waals surface area contributed by atoms with Crippen molar-refractivity contribution in [2.45, 2.75) is 0 Å². The Morgan fingerprint density at radius 1 is 0.175 bits per heavy atom. The van der Waals surface area contributed by atoms with Gasteiger partial charge in [-0.25, -0.2) is 0 Å². The van der Waals surface area contributed by atoms with Gasteiger partial charge in [0.25, 0.3) is 0 Å². The molecule has 282 valence electrons. The molecular formula is C52H44P4Pt. The van der Waals surface area contributed by atoms with Crippen molar-refractivity contribution in [3.8, 4) is 0 Å². The predicted molar refractivity (Wildman–Crippen MR) is 255 cm³/mol. The number of benzene rings is 8. The number of hydrogen-bond acceptors (Lipinski definition) is 0. The molecule has 0 aliphatic carbocycles. The maximum absolute atomic E-state index is 2.45. The van der Waals surface area contributed by atoms with Crippen LogP contribution < -0.4 is 42.4 Å². The van der Waals surface area contributed by atoms with Crippen LogP contribution in [0, 0.1) is 0 Å². The first kappa shape index (κ1) is 42.3. The average Bonchev–Trinajstić information content (AvgIpc) is 3.29. The molecule has 57 heavy (non-hydrogen) atoms. The zero-order valence-electron chi connectivity index (χ0n) is 31.5. The van der Waals surface area contributed by atoms with E-state index in [1.54, 1.807) is 0 Å². The first-order valence-corrected chi connectivity index (χ1v) is 24.4. The third kappa shape index (κ3) is 12.3. The van der Waals surface area contributed by atoms with E-state index in [1.165, 1.54) is 42.4 Å². The van der Waals surface area contributed by atoms with Crippen LogP contribution in [0.1, 0.15) is 0 Å². The van der Waals surface area contributed by atoms with Crippen LogP contribution in [-0.2, 0) is 21.1 Å². The molecule has 0 atom stereocenters. The molecule has 0 heterocycles. The van der Waals surface area contributed by atoms with Crippen molar-refractivity contribution in [1.82, 2.24) is 0 Å². The van der Waals surface area contributed by atoms with E-state index in [4.69, 9.17) is 0 Å². The molecule has 0 saturated carbocycles. The van der Waals surface area contributed by atoms with Crippen molar-refractivity contribution in [2.24, 2.45) is 0 Å². The van der Waals surface area contributed by atoms with Crippen molar-refractivity contribution in [1.29, 1.82) is 0 Å². The molecule has 0 fully saturated rings. The number of hydrogen-bond donors (Lipinski definition) is 0. The summed E-state index contributed by atoms with van der Waals surface area (Å²) in [7, 11) is -2.11. The van der Waals surface area contributed by atoms with Gasteiger partial charge in [0.2, 0.25) is 0 Å². The first-order chi connectivity index (χ1) is 27.8. The fraction of sp³-hybridized carbons (Fsp3) is 0. The molecule has 8 aromatic rings. The third-order valence-corrected chi connectivity index (χ3v) is 18.1. The minimum Gasteiger partial charge on any atom is -0.0622 e. The van der Waals surface area contributed by atoms with E-state index < -0.39 is 31.7 Å². The van der Waals surface area contributed by atoms with Gasteiger partial charge in [-0.05, 0) is 74.1 Å². The second kappa shape index (κ2) is 23.2. The topological polar surface area (TPSA) is 0 Å². The Balaban J connectivity index is 0.000000189. The van der Waals surface area contributed by atoms with Gasteiger partial charge in [-0.3, -0.25) is 0 Å². The molecule has 0 aromatic heterocycles. The summed E-state index contributed by atoms with van der Waals surface area (Å²) in [6.07, 6.45) is 0. The summed E-state index contributed by atoms with van der Waals surface area (Å²) in [5.74, 6) is 9.80. The van der Waals surface area contributed by atoms with Crippen molar-refractivity contribution in [3.63, 3.8) is 0 Å². The van der Waals surface area contributed by atoms with Crippen LogP contribution in [0.15, 0.2) is 266 Å². The average molecular weight is 988 g/mol. The molecule has 0 unspecified atom stereocenters. The fourth-order valence-corrected chi connectivity index (χ4v) is 14.9. The van der Waals surface area contributed by atoms with Crippen molar-refractivity contribution < 1.29 is 21.1 Å². The van der Waals surface area contributed by atoms with E-state index in [9.17, 15) is 0 Å². The standard InChI is InChI=1S/2C26H22P2.Pt/c2*1-5-13-23(14-6-1)27(24-15-7-2-8-16-24)21-22-28(25-17-9-3-10-18-25)26-19-11-4-12-20-26;/h2*1-22H;/b22-21-;;. The Morgan fingerprint density at radius 3 is 0.386 bits per heavy atom. The van der Waals surface area contributed by atoms with Gasteiger partial charge in [-0.1, -0.05) is 266 Å². The normalized spacial score (nSPS) is 11.2. The molecule has 8 rings (SSSR count). The van der Waals surface area contributed by atoms with Gasteiger partial charge >= 0.3 is 0 Å². The molecule has 0 amide bonds. The zero-order chi connectivity index (χ0) is 38.0. The molecule has 0 aliphatic rings. The molecule has 0 saturated heterocycles. The summed E-state index contributed by atoms with van der Waals surface area (Å²) in [5, 5.41) is 11.1. The molecular weight excluding hydrogens is 944 g/mol. The van der Waals surface area contributed by atoms with Gasteiger partial charge < -0.3 is 0 Å². The zero-order valence-corrected chi connectivity index (χ0v) is 37.4. The van der Waals surface area contributed by atoms with Gasteiger partial charge in [0.15, 0.2) is 0 Å². The molecule has 0 spiro atoms. The van der Waals surface area contributed by atoms with Gasteiger partial charge in [0.05, 0.1) is 0 Å². The van der Waals surface area contributed by atoms with Crippen molar-refractivity contribution in [2.75, 3.05) is 0 Å². The quantitative estimate of drug-likeness (QED) is 0.107. The van der Waals surface area contributed by atoms with Crippen molar-refractivity contribution >= 4 is 74.1 Å². The monoisotopic (exact) mass is 987 g/mol. The van der Waals surface area contributed by atoms with Gasteiger partial charge in [0.1, 0.15) is 0 Å². The van der Waals surface area contributed by atoms with Crippen LogP contribution in [0.25, 0.3) is 0 Å². The smallest absolute Gasteiger partial charge is 0 e. The SMILES string of the molecule is C(=C/P(c1ccccc1)c1ccccc1)/P(c1ccccc1)c1ccccc1.C(=CP(c1ccccc1)c1ccccc1)P(c1ccccc1)c1ccccc1.[Pt]. The van der Waals surface area contributed by atoms with Crippen LogP contribution >= 0.6 is 31.7 Å². The predicted octanol–water partition coefficient (Wildman–Crippen LogP) is 11.4. The van der Waals surface area contributed by atoms with E-state index in [0.717, 1.165) is 0 Å². The Morgan fingerprint density at radius 2 is 0.281 bits per heavy atom. The summed E-state index contributed by atoms with van der Waals surface area (Å²) in [6.45, 7) is 0. The molecule has 0 N–H and O–H groups in total. The summed E-state index contributed by atoms with van der Waals surface area (Å²) < 4.78 is 0. The molecule has 0 bridgehead atoms. The Kier molecular flexibility index (Phi) is 17.2. The molecule has 5 heteroatoms. The molecule has 8 aromatic carbocycles. The van der Waals surface area contributed by atoms with E-state index in [-0.39, 0.29) is 21.1 Å². The summed E-state index contributed by atoms with van der Waals surface area (Å²) in [5.41, 5.74) is 0. The van der Waals surface area contributed by atoms with Crippen LogP contribution in [0.3, 0.4) is 0 Å². The maximum Gasteiger partial charge on any atom is 0 e. The van der Waals surface area contributed by atoms with Crippen LogP contribution in [0.4, 0.5) is 0 Å². The van der Waals surface area contributed by atoms with E-state index in [1.807, 2.05) is 0 Å². The second-order valence-electron chi connectivity index (χ2n) is 12.8. The summed E-state index contributed by atoms with van der Waals surface area (Å²) >= 11 is 0. The van der Waals surface area contributed by atoms with Gasteiger partial charge in [-0.2, -0.15) is 0 Å². The van der Waals surface area contributed by atoms with Gasteiger partial charge in [-0.15, -0.1) is 0 Å². The molecule has 0 nitrogen and oxygen atoms in total. The Labute approximate surface area is 358 Å². The van der Waals surface area contributed by atoms with Crippen LogP contribution in [0.5, 0.6) is 0 Å². The van der Waals surface area contributed by atoms with Gasteiger partial charge in [0, 0.05) is 21.1 Å². The van der Waals surface area contributed by atoms with E-state index in [2.05, 4.69) is 266 Å². The minimum atomic E-state index is -0.528. The van der Waals surface area contributed by atoms with E-state index >= 15 is 0 Å². The van der Waals surface area contributed by atoms with Crippen molar-refractivity contribution in [3.05, 3.63) is 266 Å². The third-order valence-electron chi connectivity index (χ3n) is 9.00. The minimum absolute atomic E-state index is 0. The molecule has 0 aliphatic heterocycles.